The fraction of sp³-hybridized carbons (Fsp3) is 0.429. The van der Waals surface area contributed by atoms with Crippen molar-refractivity contribution in [2.24, 2.45) is 0 Å². The van der Waals surface area contributed by atoms with E-state index in [2.05, 4.69) is 25.6 Å². The van der Waals surface area contributed by atoms with Crippen LogP contribution in [0, 0.1) is 6.92 Å². The molecular formula is C14H20ClN5OS. The summed E-state index contributed by atoms with van der Waals surface area (Å²) in [5.74, 6) is 0.447. The molecule has 120 valence electrons. The van der Waals surface area contributed by atoms with Crippen molar-refractivity contribution in [3.05, 3.63) is 29.0 Å². The smallest absolute Gasteiger partial charge is 0.263 e. The quantitative estimate of drug-likeness (QED) is 0.840. The van der Waals surface area contributed by atoms with E-state index in [-0.39, 0.29) is 24.4 Å². The van der Waals surface area contributed by atoms with Gasteiger partial charge in [-0.25, -0.2) is 15.0 Å². The molecule has 6 nitrogen and oxygen atoms in total. The molecule has 0 saturated carbocycles. The lowest BCUT2D eigenvalue weighted by Gasteiger charge is -2.12. The van der Waals surface area contributed by atoms with Crippen LogP contribution in [0.2, 0.25) is 0 Å². The Balaban J connectivity index is 0.00000242. The van der Waals surface area contributed by atoms with E-state index in [1.54, 1.807) is 18.5 Å². The Morgan fingerprint density at radius 2 is 2.05 bits per heavy atom. The zero-order chi connectivity index (χ0) is 15.2. The maximum atomic E-state index is 12.2. The first kappa shape index (κ1) is 18.5. The summed E-state index contributed by atoms with van der Waals surface area (Å²) in [6.45, 7) is 7.36. The number of rotatable bonds is 6. The molecule has 0 aliphatic carbocycles. The van der Waals surface area contributed by atoms with Crippen LogP contribution in [0.25, 0.3) is 10.8 Å². The van der Waals surface area contributed by atoms with Gasteiger partial charge in [0.2, 0.25) is 0 Å². The Hall–Kier alpha value is -1.57. The zero-order valence-electron chi connectivity index (χ0n) is 12.8. The Morgan fingerprint density at radius 3 is 2.68 bits per heavy atom. The highest BCUT2D eigenvalue weighted by Gasteiger charge is 2.17. The van der Waals surface area contributed by atoms with Gasteiger partial charge in [0.1, 0.15) is 4.88 Å². The maximum Gasteiger partial charge on any atom is 0.263 e. The number of likely N-dealkylation sites (N-methyl/N-ethyl adjacent to an activating group) is 1. The number of aromatic nitrogens is 3. The second-order valence-corrected chi connectivity index (χ2v) is 5.67. The van der Waals surface area contributed by atoms with Gasteiger partial charge >= 0.3 is 0 Å². The number of hydrogen-bond acceptors (Lipinski definition) is 6. The molecule has 2 aromatic rings. The first-order valence-electron chi connectivity index (χ1n) is 6.88. The van der Waals surface area contributed by atoms with Crippen molar-refractivity contribution in [2.75, 3.05) is 13.1 Å². The average molecular weight is 342 g/mol. The van der Waals surface area contributed by atoms with Crippen LogP contribution >= 0.6 is 23.7 Å². The first-order chi connectivity index (χ1) is 10.1. The normalized spacial score (nSPS) is 11.6. The predicted octanol–water partition coefficient (Wildman–Crippen LogP) is 2.06. The zero-order valence-corrected chi connectivity index (χ0v) is 14.4. The number of carbonyl (C=O) groups is 1. The third-order valence-corrected chi connectivity index (χ3v) is 4.03. The summed E-state index contributed by atoms with van der Waals surface area (Å²) < 4.78 is 0. The lowest BCUT2D eigenvalue weighted by molar-refractivity contribution is 0.0953. The van der Waals surface area contributed by atoms with Crippen LogP contribution in [0.5, 0.6) is 0 Å². The molecule has 0 spiro atoms. The van der Waals surface area contributed by atoms with Crippen LogP contribution in [-0.2, 0) is 0 Å². The summed E-state index contributed by atoms with van der Waals surface area (Å²) in [5.41, 5.74) is 0.705. The third kappa shape index (κ3) is 4.72. The van der Waals surface area contributed by atoms with E-state index >= 15 is 0 Å². The monoisotopic (exact) mass is 341 g/mol. The molecular weight excluding hydrogens is 322 g/mol. The number of thiazole rings is 1. The van der Waals surface area contributed by atoms with Crippen molar-refractivity contribution in [3.63, 3.8) is 0 Å². The molecule has 0 fully saturated rings. The number of nitrogens with one attached hydrogen (secondary N) is 2. The van der Waals surface area contributed by atoms with E-state index < -0.39 is 0 Å². The molecule has 0 aliphatic rings. The van der Waals surface area contributed by atoms with E-state index in [0.29, 0.717) is 27.9 Å². The summed E-state index contributed by atoms with van der Waals surface area (Å²) >= 11 is 1.32. The lowest BCUT2D eigenvalue weighted by Crippen LogP contribution is -2.38. The second kappa shape index (κ2) is 8.77. The highest BCUT2D eigenvalue weighted by Crippen LogP contribution is 2.24. The summed E-state index contributed by atoms with van der Waals surface area (Å²) in [7, 11) is 0. The minimum atomic E-state index is -0.100. The van der Waals surface area contributed by atoms with Gasteiger partial charge in [0.05, 0.1) is 5.69 Å². The van der Waals surface area contributed by atoms with Gasteiger partial charge in [-0.2, -0.15) is 0 Å². The standard InChI is InChI=1S/C14H19N5OS.ClH/c1-4-15-9(2)8-18-13(20)11-10(3)19-14(21-11)12-16-6-5-7-17-12;/h5-7,9,15H,4,8H2,1-3H3,(H,18,20);1H/t9-;/m1./s1. The summed E-state index contributed by atoms with van der Waals surface area (Å²) in [4.78, 5) is 25.5. The second-order valence-electron chi connectivity index (χ2n) is 4.67. The van der Waals surface area contributed by atoms with Gasteiger partial charge in [0.25, 0.3) is 5.91 Å². The molecule has 0 radical (unpaired) electrons. The Bertz CT molecular complexity index is 605. The summed E-state index contributed by atoms with van der Waals surface area (Å²) in [6, 6.07) is 1.99. The van der Waals surface area contributed by atoms with Crippen LogP contribution in [0.15, 0.2) is 18.5 Å². The van der Waals surface area contributed by atoms with Crippen LogP contribution in [0.1, 0.15) is 29.2 Å². The summed E-state index contributed by atoms with van der Waals surface area (Å²) in [5, 5.41) is 6.83. The minimum Gasteiger partial charge on any atom is -0.350 e. The van der Waals surface area contributed by atoms with Crippen molar-refractivity contribution in [3.8, 4) is 10.8 Å². The van der Waals surface area contributed by atoms with Gasteiger partial charge in [-0.3, -0.25) is 4.79 Å². The number of amides is 1. The Labute approximate surface area is 140 Å². The number of aryl methyl sites for hydroxylation is 1. The molecule has 0 aliphatic heterocycles. The van der Waals surface area contributed by atoms with Crippen LogP contribution in [0.4, 0.5) is 0 Å². The fourth-order valence-electron chi connectivity index (χ4n) is 1.86. The molecule has 8 heteroatoms. The molecule has 2 heterocycles. The van der Waals surface area contributed by atoms with Crippen LogP contribution in [0.3, 0.4) is 0 Å². The van der Waals surface area contributed by atoms with E-state index in [1.807, 2.05) is 20.8 Å². The van der Waals surface area contributed by atoms with Crippen molar-refractivity contribution >= 4 is 29.7 Å². The molecule has 2 aromatic heterocycles. The van der Waals surface area contributed by atoms with Gasteiger partial charge in [0.15, 0.2) is 10.8 Å². The van der Waals surface area contributed by atoms with E-state index in [4.69, 9.17) is 0 Å². The van der Waals surface area contributed by atoms with Crippen LogP contribution < -0.4 is 10.6 Å². The van der Waals surface area contributed by atoms with Gasteiger partial charge in [0, 0.05) is 25.0 Å². The van der Waals surface area contributed by atoms with Crippen molar-refractivity contribution in [1.82, 2.24) is 25.6 Å². The van der Waals surface area contributed by atoms with Gasteiger partial charge in [-0.05, 0) is 26.5 Å². The van der Waals surface area contributed by atoms with Gasteiger partial charge < -0.3 is 10.6 Å². The molecule has 2 N–H and O–H groups in total. The van der Waals surface area contributed by atoms with E-state index in [0.717, 1.165) is 6.54 Å². The Morgan fingerprint density at radius 1 is 1.36 bits per heavy atom. The SMILES string of the molecule is CCN[C@H](C)CNC(=O)c1sc(-c2ncccn2)nc1C.Cl. The number of nitrogens with zero attached hydrogens (tertiary/aromatic N) is 3. The Kier molecular flexibility index (Phi) is 7.37. The van der Waals surface area contributed by atoms with Crippen LogP contribution in [-0.4, -0.2) is 40.0 Å². The van der Waals surface area contributed by atoms with Crippen molar-refractivity contribution < 1.29 is 4.79 Å². The molecule has 2 rings (SSSR count). The number of hydrogen-bond donors (Lipinski definition) is 2. The molecule has 0 bridgehead atoms. The number of halogens is 1. The molecule has 0 saturated heterocycles. The van der Waals surface area contributed by atoms with Crippen molar-refractivity contribution in [2.45, 2.75) is 26.8 Å². The van der Waals surface area contributed by atoms with Crippen molar-refractivity contribution in [1.29, 1.82) is 0 Å². The van der Waals surface area contributed by atoms with E-state index in [1.165, 1.54) is 11.3 Å². The molecule has 0 unspecified atom stereocenters. The van der Waals surface area contributed by atoms with Gasteiger partial charge in [-0.15, -0.1) is 23.7 Å². The predicted molar refractivity (Wildman–Crippen MR) is 90.6 cm³/mol. The average Bonchev–Trinajstić information content (AvgIpc) is 2.88. The maximum absolute atomic E-state index is 12.2. The highest BCUT2D eigenvalue weighted by atomic mass is 35.5. The lowest BCUT2D eigenvalue weighted by atomic mass is 10.3. The molecule has 0 aromatic carbocycles. The molecule has 1 atom stereocenters. The number of carbonyl (C=O) groups excluding carboxylic acids is 1. The topological polar surface area (TPSA) is 79.8 Å². The highest BCUT2D eigenvalue weighted by molar-refractivity contribution is 7.17. The fourth-order valence-corrected chi connectivity index (χ4v) is 2.79. The largest absolute Gasteiger partial charge is 0.350 e. The third-order valence-electron chi connectivity index (χ3n) is 2.88. The summed E-state index contributed by atoms with van der Waals surface area (Å²) in [6.07, 6.45) is 3.33. The molecule has 1 amide bonds. The van der Waals surface area contributed by atoms with E-state index in [9.17, 15) is 4.79 Å². The van der Waals surface area contributed by atoms with Gasteiger partial charge in [-0.1, -0.05) is 6.92 Å². The first-order valence-corrected chi connectivity index (χ1v) is 7.69. The molecule has 22 heavy (non-hydrogen) atoms. The minimum absolute atomic E-state index is 0.